The van der Waals surface area contributed by atoms with E-state index in [9.17, 15) is 13.2 Å². The van der Waals surface area contributed by atoms with E-state index in [1.54, 1.807) is 12.1 Å². The van der Waals surface area contributed by atoms with E-state index >= 15 is 0 Å². The summed E-state index contributed by atoms with van der Waals surface area (Å²) in [6.07, 6.45) is 3.69. The van der Waals surface area contributed by atoms with E-state index in [0.29, 0.717) is 12.0 Å². The van der Waals surface area contributed by atoms with E-state index in [1.165, 1.54) is 13.4 Å². The molecule has 1 saturated carbocycles. The van der Waals surface area contributed by atoms with Crippen LogP contribution in [0.3, 0.4) is 0 Å². The van der Waals surface area contributed by atoms with Gasteiger partial charge in [-0.2, -0.15) is 0 Å². The Morgan fingerprint density at radius 2 is 2.05 bits per heavy atom. The predicted octanol–water partition coefficient (Wildman–Crippen LogP) is 2.16. The summed E-state index contributed by atoms with van der Waals surface area (Å²) in [5.74, 6) is -0.399. The molecule has 0 amide bonds. The highest BCUT2D eigenvalue weighted by Gasteiger charge is 2.34. The molecule has 0 heterocycles. The van der Waals surface area contributed by atoms with Gasteiger partial charge in [-0.1, -0.05) is 6.07 Å². The van der Waals surface area contributed by atoms with Crippen molar-refractivity contribution < 1.29 is 17.9 Å². The molecule has 1 aromatic rings. The minimum Gasteiger partial charge on any atom is -0.465 e. The number of rotatable bonds is 4. The van der Waals surface area contributed by atoms with Crippen LogP contribution < -0.4 is 5.32 Å². The highest BCUT2D eigenvalue weighted by atomic mass is 32.2. The molecule has 2 unspecified atom stereocenters. The van der Waals surface area contributed by atoms with Crippen molar-refractivity contribution in [1.82, 2.24) is 0 Å². The number of carbonyl (C=O) groups is 1. The third-order valence-corrected chi connectivity index (χ3v) is 5.67. The number of sulfone groups is 1. The van der Waals surface area contributed by atoms with Crippen molar-refractivity contribution in [2.24, 2.45) is 0 Å². The van der Waals surface area contributed by atoms with Crippen molar-refractivity contribution in [3.63, 3.8) is 0 Å². The highest BCUT2D eigenvalue weighted by molar-refractivity contribution is 7.91. The Kier molecular flexibility index (Phi) is 4.56. The second-order valence-electron chi connectivity index (χ2n) is 5.57. The highest BCUT2D eigenvalue weighted by Crippen LogP contribution is 2.29. The zero-order valence-corrected chi connectivity index (χ0v) is 13.4. The maximum Gasteiger partial charge on any atom is 0.337 e. The molecule has 2 rings (SSSR count). The molecule has 0 saturated heterocycles. The van der Waals surface area contributed by atoms with Gasteiger partial charge in [0.05, 0.1) is 17.9 Å². The van der Waals surface area contributed by atoms with Crippen molar-refractivity contribution in [1.29, 1.82) is 0 Å². The summed E-state index contributed by atoms with van der Waals surface area (Å²) in [6.45, 7) is 1.92. The normalized spacial score (nSPS) is 22.0. The van der Waals surface area contributed by atoms with E-state index in [0.717, 1.165) is 24.1 Å². The first-order valence-electron chi connectivity index (χ1n) is 6.97. The van der Waals surface area contributed by atoms with E-state index in [-0.39, 0.29) is 11.3 Å². The Balaban J connectivity index is 2.25. The summed E-state index contributed by atoms with van der Waals surface area (Å²) in [5, 5.41) is 2.94. The lowest BCUT2D eigenvalue weighted by atomic mass is 10.1. The number of methoxy groups -OCH3 is 1. The van der Waals surface area contributed by atoms with Gasteiger partial charge in [-0.3, -0.25) is 0 Å². The number of anilines is 1. The number of benzene rings is 1. The number of ether oxygens (including phenoxy) is 1. The maximum atomic E-state index is 11.8. The lowest BCUT2D eigenvalue weighted by molar-refractivity contribution is 0.0601. The Labute approximate surface area is 125 Å². The molecule has 1 aromatic carbocycles. The summed E-state index contributed by atoms with van der Waals surface area (Å²) in [6, 6.07) is 5.15. The average Bonchev–Trinajstić information content (AvgIpc) is 2.88. The SMILES string of the molecule is COC(=O)c1ccc(C)c(NC2CCCC2S(C)(=O)=O)c1. The van der Waals surface area contributed by atoms with E-state index in [4.69, 9.17) is 4.74 Å². The molecular formula is C15H21NO4S. The van der Waals surface area contributed by atoms with Crippen molar-refractivity contribution in [2.45, 2.75) is 37.5 Å². The molecule has 1 N–H and O–H groups in total. The Morgan fingerprint density at radius 1 is 1.33 bits per heavy atom. The minimum absolute atomic E-state index is 0.105. The lowest BCUT2D eigenvalue weighted by Crippen LogP contribution is -2.34. The van der Waals surface area contributed by atoms with E-state index in [2.05, 4.69) is 5.32 Å². The molecule has 0 aromatic heterocycles. The number of carbonyl (C=O) groups excluding carboxylic acids is 1. The van der Waals surface area contributed by atoms with Gasteiger partial charge in [0.2, 0.25) is 0 Å². The zero-order chi connectivity index (χ0) is 15.6. The van der Waals surface area contributed by atoms with Crippen LogP contribution in [0.5, 0.6) is 0 Å². The standard InChI is InChI=1S/C15H21NO4S/c1-10-7-8-11(15(17)20-2)9-13(10)16-12-5-4-6-14(12)21(3,18)19/h7-9,12,14,16H,4-6H2,1-3H3. The van der Waals surface area contributed by atoms with Gasteiger partial charge in [-0.15, -0.1) is 0 Å². The van der Waals surface area contributed by atoms with Crippen molar-refractivity contribution in [2.75, 3.05) is 18.7 Å². The molecule has 1 aliphatic rings. The van der Waals surface area contributed by atoms with Gasteiger partial charge in [-0.25, -0.2) is 13.2 Å². The molecule has 0 bridgehead atoms. The van der Waals surface area contributed by atoms with Gasteiger partial charge in [0.1, 0.15) is 0 Å². The molecule has 0 radical (unpaired) electrons. The summed E-state index contributed by atoms with van der Waals surface area (Å²) >= 11 is 0. The average molecular weight is 311 g/mol. The van der Waals surface area contributed by atoms with Crippen molar-refractivity contribution in [3.05, 3.63) is 29.3 Å². The van der Waals surface area contributed by atoms with Crippen LogP contribution in [0.1, 0.15) is 35.2 Å². The van der Waals surface area contributed by atoms with Crippen LogP contribution in [0.25, 0.3) is 0 Å². The number of hydrogen-bond donors (Lipinski definition) is 1. The lowest BCUT2D eigenvalue weighted by Gasteiger charge is -2.22. The first-order chi connectivity index (χ1) is 9.82. The second kappa shape index (κ2) is 6.05. The minimum atomic E-state index is -3.07. The van der Waals surface area contributed by atoms with Crippen LogP contribution in [0, 0.1) is 6.92 Å². The van der Waals surface area contributed by atoms with Gasteiger partial charge in [-0.05, 0) is 43.9 Å². The van der Waals surface area contributed by atoms with E-state index in [1.807, 2.05) is 13.0 Å². The third kappa shape index (κ3) is 3.56. The van der Waals surface area contributed by atoms with Gasteiger partial charge in [0.15, 0.2) is 9.84 Å². The maximum absolute atomic E-state index is 11.8. The quantitative estimate of drug-likeness (QED) is 0.863. The zero-order valence-electron chi connectivity index (χ0n) is 12.5. The van der Waals surface area contributed by atoms with Crippen LogP contribution in [0.15, 0.2) is 18.2 Å². The summed E-state index contributed by atoms with van der Waals surface area (Å²) in [5.41, 5.74) is 2.22. The molecule has 116 valence electrons. The molecule has 0 aliphatic heterocycles. The molecule has 1 aliphatic carbocycles. The number of esters is 1. The van der Waals surface area contributed by atoms with Gasteiger partial charge in [0.25, 0.3) is 0 Å². The van der Waals surface area contributed by atoms with Gasteiger partial charge >= 0.3 is 5.97 Å². The van der Waals surface area contributed by atoms with Gasteiger partial charge in [0, 0.05) is 18.0 Å². The van der Waals surface area contributed by atoms with Crippen molar-refractivity contribution >= 4 is 21.5 Å². The monoisotopic (exact) mass is 311 g/mol. The number of nitrogens with one attached hydrogen (secondary N) is 1. The summed E-state index contributed by atoms with van der Waals surface area (Å²) in [7, 11) is -1.73. The fraction of sp³-hybridized carbons (Fsp3) is 0.533. The topological polar surface area (TPSA) is 72.5 Å². The summed E-state index contributed by atoms with van der Waals surface area (Å²) < 4.78 is 28.4. The van der Waals surface area contributed by atoms with Crippen LogP contribution in [0.4, 0.5) is 5.69 Å². The van der Waals surface area contributed by atoms with Crippen LogP contribution in [-0.4, -0.2) is 39.0 Å². The van der Waals surface area contributed by atoms with Crippen LogP contribution in [0.2, 0.25) is 0 Å². The van der Waals surface area contributed by atoms with Gasteiger partial charge < -0.3 is 10.1 Å². The third-order valence-electron chi connectivity index (χ3n) is 4.00. The first-order valence-corrected chi connectivity index (χ1v) is 8.92. The van der Waals surface area contributed by atoms with Crippen LogP contribution >= 0.6 is 0 Å². The molecule has 21 heavy (non-hydrogen) atoms. The molecule has 1 fully saturated rings. The molecule has 6 heteroatoms. The number of hydrogen-bond acceptors (Lipinski definition) is 5. The predicted molar refractivity (Wildman–Crippen MR) is 82.4 cm³/mol. The fourth-order valence-corrected chi connectivity index (χ4v) is 4.22. The largest absolute Gasteiger partial charge is 0.465 e. The van der Waals surface area contributed by atoms with Crippen LogP contribution in [-0.2, 0) is 14.6 Å². The molecule has 5 nitrogen and oxygen atoms in total. The number of aryl methyl sites for hydroxylation is 1. The van der Waals surface area contributed by atoms with Crippen molar-refractivity contribution in [3.8, 4) is 0 Å². The molecular weight excluding hydrogens is 290 g/mol. The van der Waals surface area contributed by atoms with E-state index < -0.39 is 15.8 Å². The Bertz CT molecular complexity index is 639. The molecule has 0 spiro atoms. The summed E-state index contributed by atoms with van der Waals surface area (Å²) in [4.78, 5) is 11.6. The Hall–Kier alpha value is -1.56. The molecule has 2 atom stereocenters. The fourth-order valence-electron chi connectivity index (χ4n) is 2.83. The second-order valence-corrected chi connectivity index (χ2v) is 7.84. The first kappa shape index (κ1) is 15.8. The smallest absolute Gasteiger partial charge is 0.337 e. The Morgan fingerprint density at radius 3 is 2.67 bits per heavy atom.